The Balaban J connectivity index is 3.24. The molecule has 0 bridgehead atoms. The van der Waals surface area contributed by atoms with Crippen molar-refractivity contribution in [3.63, 3.8) is 0 Å². The van der Waals surface area contributed by atoms with Crippen LogP contribution in [0.25, 0.3) is 0 Å². The molecular weight excluding hydrogens is 268 g/mol. The van der Waals surface area contributed by atoms with Crippen LogP contribution in [0.1, 0.15) is 38.8 Å². The fourth-order valence-corrected chi connectivity index (χ4v) is 1.87. The standard InChI is InChI=1S/C16H20N2O3/c1-15(2,3)21-14(20)18(5)16(4,11-19)13-9-7-6-8-12(13)10-17/h6-9,11H,1-5H3. The summed E-state index contributed by atoms with van der Waals surface area (Å²) in [4.78, 5) is 25.1. The van der Waals surface area contributed by atoms with Crippen LogP contribution < -0.4 is 0 Å². The van der Waals surface area contributed by atoms with Gasteiger partial charge in [0.25, 0.3) is 0 Å². The second kappa shape index (κ2) is 5.96. The molecule has 0 aliphatic heterocycles. The summed E-state index contributed by atoms with van der Waals surface area (Å²) < 4.78 is 5.29. The maximum absolute atomic E-state index is 12.2. The Morgan fingerprint density at radius 2 is 1.86 bits per heavy atom. The molecule has 1 aromatic rings. The highest BCUT2D eigenvalue weighted by molar-refractivity contribution is 5.78. The Morgan fingerprint density at radius 1 is 1.29 bits per heavy atom. The minimum Gasteiger partial charge on any atom is -0.444 e. The molecule has 0 saturated carbocycles. The van der Waals surface area contributed by atoms with E-state index in [9.17, 15) is 14.9 Å². The first-order chi connectivity index (χ1) is 9.65. The topological polar surface area (TPSA) is 70.4 Å². The van der Waals surface area contributed by atoms with Crippen molar-refractivity contribution in [1.29, 1.82) is 5.26 Å². The fourth-order valence-electron chi connectivity index (χ4n) is 1.87. The number of hydrogen-bond acceptors (Lipinski definition) is 4. The van der Waals surface area contributed by atoms with Crippen molar-refractivity contribution in [2.45, 2.75) is 38.8 Å². The molecule has 1 amide bonds. The van der Waals surface area contributed by atoms with Gasteiger partial charge in [0.2, 0.25) is 0 Å². The number of carbonyl (C=O) groups is 2. The molecule has 5 heteroatoms. The quantitative estimate of drug-likeness (QED) is 0.802. The zero-order valence-corrected chi connectivity index (χ0v) is 13.0. The lowest BCUT2D eigenvalue weighted by Crippen LogP contribution is -2.48. The summed E-state index contributed by atoms with van der Waals surface area (Å²) in [5.41, 5.74) is -1.11. The van der Waals surface area contributed by atoms with Crippen LogP contribution in [-0.2, 0) is 15.1 Å². The average molecular weight is 288 g/mol. The molecule has 0 aliphatic rings. The highest BCUT2D eigenvalue weighted by atomic mass is 16.6. The summed E-state index contributed by atoms with van der Waals surface area (Å²) in [6.45, 7) is 6.83. The number of amides is 1. The lowest BCUT2D eigenvalue weighted by atomic mass is 9.88. The smallest absolute Gasteiger partial charge is 0.411 e. The summed E-state index contributed by atoms with van der Waals surface area (Å²) in [6.07, 6.45) is 0.0254. The zero-order valence-electron chi connectivity index (χ0n) is 13.0. The molecule has 0 fully saturated rings. The van der Waals surface area contributed by atoms with E-state index in [2.05, 4.69) is 0 Å². The van der Waals surface area contributed by atoms with Crippen molar-refractivity contribution >= 4 is 12.4 Å². The molecule has 1 unspecified atom stereocenters. The van der Waals surface area contributed by atoms with E-state index in [-0.39, 0.29) is 0 Å². The van der Waals surface area contributed by atoms with Gasteiger partial charge in [-0.15, -0.1) is 0 Å². The van der Waals surface area contributed by atoms with Crippen LogP contribution in [0.15, 0.2) is 24.3 Å². The Labute approximate surface area is 125 Å². The van der Waals surface area contributed by atoms with Gasteiger partial charge in [0, 0.05) is 12.6 Å². The van der Waals surface area contributed by atoms with E-state index in [1.54, 1.807) is 52.0 Å². The molecule has 1 rings (SSSR count). The van der Waals surface area contributed by atoms with Crippen LogP contribution in [0.5, 0.6) is 0 Å². The van der Waals surface area contributed by atoms with Crippen LogP contribution in [0.4, 0.5) is 4.79 Å². The molecule has 0 aromatic heterocycles. The minimum absolute atomic E-state index is 0.350. The summed E-state index contributed by atoms with van der Waals surface area (Å²) in [5.74, 6) is 0. The number of carbonyl (C=O) groups excluding carboxylic acids is 2. The van der Waals surface area contributed by atoms with E-state index < -0.39 is 17.2 Å². The van der Waals surface area contributed by atoms with Crippen LogP contribution >= 0.6 is 0 Å². The lowest BCUT2D eigenvalue weighted by molar-refractivity contribution is -0.117. The SMILES string of the molecule is CN(C(=O)OC(C)(C)C)C(C)(C=O)c1ccccc1C#N. The van der Waals surface area contributed by atoms with Crippen molar-refractivity contribution in [3.8, 4) is 6.07 Å². The van der Waals surface area contributed by atoms with Crippen molar-refractivity contribution in [2.24, 2.45) is 0 Å². The number of rotatable bonds is 3. The van der Waals surface area contributed by atoms with E-state index in [1.165, 1.54) is 11.9 Å². The molecule has 21 heavy (non-hydrogen) atoms. The van der Waals surface area contributed by atoms with E-state index in [1.807, 2.05) is 6.07 Å². The third-order valence-electron chi connectivity index (χ3n) is 3.19. The third-order valence-corrected chi connectivity index (χ3v) is 3.19. The highest BCUT2D eigenvalue weighted by Crippen LogP contribution is 2.29. The number of nitrogens with zero attached hydrogens (tertiary/aromatic N) is 2. The van der Waals surface area contributed by atoms with Gasteiger partial charge >= 0.3 is 6.09 Å². The first-order valence-corrected chi connectivity index (χ1v) is 6.58. The van der Waals surface area contributed by atoms with Gasteiger partial charge in [-0.05, 0) is 33.8 Å². The number of hydrogen-bond donors (Lipinski definition) is 0. The van der Waals surface area contributed by atoms with Gasteiger partial charge in [0.1, 0.15) is 17.4 Å². The molecule has 0 heterocycles. The first-order valence-electron chi connectivity index (χ1n) is 6.58. The maximum atomic E-state index is 12.2. The van der Waals surface area contributed by atoms with Gasteiger partial charge in [-0.25, -0.2) is 4.79 Å². The van der Waals surface area contributed by atoms with E-state index in [0.717, 1.165) is 0 Å². The molecule has 0 spiro atoms. The Hall–Kier alpha value is -2.35. The van der Waals surface area contributed by atoms with Gasteiger partial charge in [0.05, 0.1) is 11.6 Å². The van der Waals surface area contributed by atoms with Crippen LogP contribution in [0.3, 0.4) is 0 Å². The number of likely N-dealkylation sites (N-methyl/N-ethyl adjacent to an activating group) is 1. The van der Waals surface area contributed by atoms with Gasteiger partial charge in [-0.1, -0.05) is 18.2 Å². The number of aldehydes is 1. The zero-order chi connectivity index (χ0) is 16.3. The van der Waals surface area contributed by atoms with Crippen molar-refractivity contribution in [1.82, 2.24) is 4.90 Å². The molecule has 1 aromatic carbocycles. The molecule has 1 atom stereocenters. The van der Waals surface area contributed by atoms with E-state index in [0.29, 0.717) is 17.4 Å². The van der Waals surface area contributed by atoms with Crippen molar-refractivity contribution in [3.05, 3.63) is 35.4 Å². The van der Waals surface area contributed by atoms with Crippen LogP contribution in [0.2, 0.25) is 0 Å². The monoisotopic (exact) mass is 288 g/mol. The second-order valence-corrected chi connectivity index (χ2v) is 5.96. The lowest BCUT2D eigenvalue weighted by Gasteiger charge is -2.36. The highest BCUT2D eigenvalue weighted by Gasteiger charge is 2.38. The molecule has 112 valence electrons. The maximum Gasteiger partial charge on any atom is 0.411 e. The second-order valence-electron chi connectivity index (χ2n) is 5.96. The molecule has 0 radical (unpaired) electrons. The van der Waals surface area contributed by atoms with Crippen LogP contribution in [-0.4, -0.2) is 29.9 Å². The predicted molar refractivity (Wildman–Crippen MR) is 78.6 cm³/mol. The van der Waals surface area contributed by atoms with Crippen molar-refractivity contribution < 1.29 is 14.3 Å². The first kappa shape index (κ1) is 16.7. The number of ether oxygens (including phenoxy) is 1. The predicted octanol–water partition coefficient (Wildman–Crippen LogP) is 2.84. The Kier molecular flexibility index (Phi) is 4.74. The molecule has 0 N–H and O–H groups in total. The Bertz CT molecular complexity index is 584. The normalized spacial score (nSPS) is 13.7. The summed E-state index contributed by atoms with van der Waals surface area (Å²) in [5, 5.41) is 9.18. The van der Waals surface area contributed by atoms with Crippen molar-refractivity contribution in [2.75, 3.05) is 7.05 Å². The minimum atomic E-state index is -1.27. The Morgan fingerprint density at radius 3 is 2.33 bits per heavy atom. The van der Waals surface area contributed by atoms with Crippen LogP contribution in [0, 0.1) is 11.3 Å². The third kappa shape index (κ3) is 3.60. The molecule has 0 aliphatic carbocycles. The van der Waals surface area contributed by atoms with Gasteiger partial charge in [-0.3, -0.25) is 4.90 Å². The van der Waals surface area contributed by atoms with Gasteiger partial charge in [-0.2, -0.15) is 5.26 Å². The fraction of sp³-hybridized carbons (Fsp3) is 0.438. The number of benzene rings is 1. The summed E-state index contributed by atoms with van der Waals surface area (Å²) in [7, 11) is 1.48. The molecule has 5 nitrogen and oxygen atoms in total. The van der Waals surface area contributed by atoms with Gasteiger partial charge in [0.15, 0.2) is 0 Å². The van der Waals surface area contributed by atoms with E-state index in [4.69, 9.17) is 4.74 Å². The summed E-state index contributed by atoms with van der Waals surface area (Å²) >= 11 is 0. The molecule has 0 saturated heterocycles. The average Bonchev–Trinajstić information content (AvgIpc) is 2.43. The molecular formula is C16H20N2O3. The largest absolute Gasteiger partial charge is 0.444 e. The van der Waals surface area contributed by atoms with E-state index >= 15 is 0 Å². The number of nitriles is 1. The van der Waals surface area contributed by atoms with Gasteiger partial charge < -0.3 is 9.53 Å². The summed E-state index contributed by atoms with van der Waals surface area (Å²) in [6, 6.07) is 8.74.